The van der Waals surface area contributed by atoms with Crippen LogP contribution in [-0.2, 0) is 6.42 Å². The van der Waals surface area contributed by atoms with Crippen LogP contribution in [0.2, 0.25) is 0 Å². The molecule has 0 radical (unpaired) electrons. The second kappa shape index (κ2) is 6.95. The molecule has 0 aliphatic heterocycles. The summed E-state index contributed by atoms with van der Waals surface area (Å²) in [7, 11) is 1.72. The lowest BCUT2D eigenvalue weighted by atomic mass is 10.1. The monoisotopic (exact) mass is 255 g/mol. The summed E-state index contributed by atoms with van der Waals surface area (Å²) in [6.45, 7) is 3.13. The van der Waals surface area contributed by atoms with Gasteiger partial charge >= 0.3 is 0 Å². The number of hydrogen-bond donors (Lipinski definition) is 1. The molecule has 2 aromatic carbocycles. The maximum Gasteiger partial charge on any atom is 0.123 e. The molecule has 100 valence electrons. The average molecular weight is 255 g/mol. The van der Waals surface area contributed by atoms with Gasteiger partial charge in [-0.2, -0.15) is 0 Å². The Kier molecular flexibility index (Phi) is 4.99. The Morgan fingerprint density at radius 2 is 1.68 bits per heavy atom. The highest BCUT2D eigenvalue weighted by Crippen LogP contribution is 2.24. The van der Waals surface area contributed by atoms with Crippen LogP contribution < -0.4 is 10.1 Å². The van der Waals surface area contributed by atoms with Gasteiger partial charge in [0.05, 0.1) is 7.11 Å². The smallest absolute Gasteiger partial charge is 0.123 e. The molecule has 19 heavy (non-hydrogen) atoms. The summed E-state index contributed by atoms with van der Waals surface area (Å²) in [5.41, 5.74) is 2.57. The molecule has 0 aliphatic rings. The van der Waals surface area contributed by atoms with E-state index in [9.17, 15) is 0 Å². The molecule has 0 aromatic heterocycles. The van der Waals surface area contributed by atoms with E-state index >= 15 is 0 Å². The van der Waals surface area contributed by atoms with Crippen LogP contribution in [0.3, 0.4) is 0 Å². The van der Waals surface area contributed by atoms with E-state index in [0.29, 0.717) is 6.04 Å². The summed E-state index contributed by atoms with van der Waals surface area (Å²) in [6, 6.07) is 19.0. The Morgan fingerprint density at radius 1 is 1.00 bits per heavy atom. The zero-order valence-corrected chi connectivity index (χ0v) is 11.6. The summed E-state index contributed by atoms with van der Waals surface area (Å²) in [5, 5.41) is 3.54. The molecule has 0 unspecified atom stereocenters. The third kappa shape index (κ3) is 3.83. The van der Waals surface area contributed by atoms with Crippen molar-refractivity contribution < 1.29 is 4.74 Å². The van der Waals surface area contributed by atoms with E-state index in [-0.39, 0.29) is 0 Å². The van der Waals surface area contributed by atoms with Gasteiger partial charge in [-0.3, -0.25) is 0 Å². The third-order valence-electron chi connectivity index (χ3n) is 3.31. The molecule has 1 atom stereocenters. The van der Waals surface area contributed by atoms with E-state index in [2.05, 4.69) is 42.6 Å². The van der Waals surface area contributed by atoms with Crippen molar-refractivity contribution in [1.29, 1.82) is 0 Å². The van der Waals surface area contributed by atoms with Gasteiger partial charge in [-0.25, -0.2) is 0 Å². The maximum absolute atomic E-state index is 5.39. The van der Waals surface area contributed by atoms with Crippen LogP contribution in [0, 0.1) is 0 Å². The average Bonchev–Trinajstić information content (AvgIpc) is 2.48. The fourth-order valence-corrected chi connectivity index (χ4v) is 2.21. The molecular weight excluding hydrogens is 234 g/mol. The first-order chi connectivity index (χ1) is 9.31. The van der Waals surface area contributed by atoms with Crippen molar-refractivity contribution in [3.8, 4) is 5.75 Å². The maximum atomic E-state index is 5.39. The number of hydrogen-bond acceptors (Lipinski definition) is 2. The molecule has 1 N–H and O–H groups in total. The number of para-hydroxylation sites is 1. The predicted molar refractivity (Wildman–Crippen MR) is 79.6 cm³/mol. The van der Waals surface area contributed by atoms with Crippen LogP contribution in [0.25, 0.3) is 0 Å². The van der Waals surface area contributed by atoms with Crippen molar-refractivity contribution in [3.05, 3.63) is 65.7 Å². The van der Waals surface area contributed by atoms with Gasteiger partial charge in [-0.05, 0) is 31.5 Å². The first kappa shape index (κ1) is 13.6. The third-order valence-corrected chi connectivity index (χ3v) is 3.31. The quantitative estimate of drug-likeness (QED) is 0.851. The Hall–Kier alpha value is -1.80. The molecule has 2 heteroatoms. The summed E-state index contributed by atoms with van der Waals surface area (Å²) in [5.74, 6) is 0.946. The van der Waals surface area contributed by atoms with E-state index in [0.717, 1.165) is 18.7 Å². The lowest BCUT2D eigenvalue weighted by Gasteiger charge is -2.17. The van der Waals surface area contributed by atoms with Crippen LogP contribution in [0.4, 0.5) is 0 Å². The topological polar surface area (TPSA) is 21.3 Å². The molecule has 2 rings (SSSR count). The van der Waals surface area contributed by atoms with Gasteiger partial charge in [0.2, 0.25) is 0 Å². The first-order valence-corrected chi connectivity index (χ1v) is 6.71. The van der Waals surface area contributed by atoms with E-state index in [4.69, 9.17) is 4.74 Å². The fourth-order valence-electron chi connectivity index (χ4n) is 2.21. The van der Waals surface area contributed by atoms with Crippen LogP contribution in [-0.4, -0.2) is 13.7 Å². The molecular formula is C17H21NO. The minimum Gasteiger partial charge on any atom is -0.496 e. The molecule has 0 aliphatic carbocycles. The SMILES string of the molecule is COc1ccccc1[C@H](C)NCCc1ccccc1. The Morgan fingerprint density at radius 3 is 2.42 bits per heavy atom. The number of benzene rings is 2. The van der Waals surface area contributed by atoms with Crippen LogP contribution in [0.15, 0.2) is 54.6 Å². The molecule has 0 bridgehead atoms. The summed E-state index contributed by atoms with van der Waals surface area (Å²) in [6.07, 6.45) is 1.04. The standard InChI is InChI=1S/C17H21NO/c1-14(16-10-6-7-11-17(16)19-2)18-13-12-15-8-4-3-5-9-15/h3-11,14,18H,12-13H2,1-2H3/t14-/m0/s1. The van der Waals surface area contributed by atoms with Gasteiger partial charge in [0.25, 0.3) is 0 Å². The molecule has 2 nitrogen and oxygen atoms in total. The number of methoxy groups -OCH3 is 1. The van der Waals surface area contributed by atoms with Gasteiger partial charge in [0.15, 0.2) is 0 Å². The van der Waals surface area contributed by atoms with Crippen molar-refractivity contribution >= 4 is 0 Å². The van der Waals surface area contributed by atoms with Crippen molar-refractivity contribution in [2.75, 3.05) is 13.7 Å². The molecule has 0 amide bonds. The van der Waals surface area contributed by atoms with Gasteiger partial charge in [-0.15, -0.1) is 0 Å². The summed E-state index contributed by atoms with van der Waals surface area (Å²) >= 11 is 0. The lowest BCUT2D eigenvalue weighted by Crippen LogP contribution is -2.21. The highest BCUT2D eigenvalue weighted by molar-refractivity contribution is 5.35. The second-order valence-corrected chi connectivity index (χ2v) is 4.65. The largest absolute Gasteiger partial charge is 0.496 e. The van der Waals surface area contributed by atoms with Crippen molar-refractivity contribution in [3.63, 3.8) is 0 Å². The van der Waals surface area contributed by atoms with E-state index in [1.54, 1.807) is 7.11 Å². The summed E-state index contributed by atoms with van der Waals surface area (Å²) in [4.78, 5) is 0. The Balaban J connectivity index is 1.89. The number of ether oxygens (including phenoxy) is 1. The first-order valence-electron chi connectivity index (χ1n) is 6.71. The predicted octanol–water partition coefficient (Wildman–Crippen LogP) is 3.59. The van der Waals surface area contributed by atoms with Crippen molar-refractivity contribution in [2.45, 2.75) is 19.4 Å². The molecule has 0 fully saturated rings. The van der Waals surface area contributed by atoms with Gasteiger partial charge in [-0.1, -0.05) is 48.5 Å². The number of nitrogens with one attached hydrogen (secondary N) is 1. The summed E-state index contributed by atoms with van der Waals surface area (Å²) < 4.78 is 5.39. The zero-order chi connectivity index (χ0) is 13.5. The molecule has 0 saturated heterocycles. The lowest BCUT2D eigenvalue weighted by molar-refractivity contribution is 0.402. The number of rotatable bonds is 6. The van der Waals surface area contributed by atoms with E-state index < -0.39 is 0 Å². The van der Waals surface area contributed by atoms with Gasteiger partial charge < -0.3 is 10.1 Å². The Labute approximate surface area is 115 Å². The van der Waals surface area contributed by atoms with Gasteiger partial charge in [0, 0.05) is 11.6 Å². The van der Waals surface area contributed by atoms with Crippen molar-refractivity contribution in [2.24, 2.45) is 0 Å². The molecule has 0 saturated carbocycles. The zero-order valence-electron chi connectivity index (χ0n) is 11.6. The van der Waals surface area contributed by atoms with Crippen LogP contribution in [0.5, 0.6) is 5.75 Å². The van der Waals surface area contributed by atoms with Crippen LogP contribution in [0.1, 0.15) is 24.1 Å². The molecule has 0 heterocycles. The normalized spacial score (nSPS) is 12.1. The van der Waals surface area contributed by atoms with E-state index in [1.807, 2.05) is 24.3 Å². The Bertz CT molecular complexity index is 496. The minimum atomic E-state index is 0.292. The fraction of sp³-hybridized carbons (Fsp3) is 0.294. The second-order valence-electron chi connectivity index (χ2n) is 4.65. The highest BCUT2D eigenvalue weighted by Gasteiger charge is 2.09. The molecule has 2 aromatic rings. The highest BCUT2D eigenvalue weighted by atomic mass is 16.5. The van der Waals surface area contributed by atoms with E-state index in [1.165, 1.54) is 11.1 Å². The molecule has 0 spiro atoms. The minimum absolute atomic E-state index is 0.292. The van der Waals surface area contributed by atoms with Crippen molar-refractivity contribution in [1.82, 2.24) is 5.32 Å². The van der Waals surface area contributed by atoms with Gasteiger partial charge in [0.1, 0.15) is 5.75 Å². The van der Waals surface area contributed by atoms with Crippen LogP contribution >= 0.6 is 0 Å².